The largest absolute Gasteiger partial charge is 0.490 e. The van der Waals surface area contributed by atoms with Crippen molar-refractivity contribution in [1.29, 1.82) is 16.2 Å². The summed E-state index contributed by atoms with van der Waals surface area (Å²) < 4.78 is 178. The van der Waals surface area contributed by atoms with E-state index in [1.165, 1.54) is 34.0 Å². The number of esters is 1. The number of carbonyl (C=O) groups is 6. The van der Waals surface area contributed by atoms with Crippen molar-refractivity contribution in [2.24, 2.45) is 22.9 Å². The number of aliphatic carboxylic acids is 5. The molecule has 520 valence electrons. The maximum absolute atomic E-state index is 13.4. The third-order valence-corrected chi connectivity index (χ3v) is 14.2. The number of carboxylic acids is 5. The average Bonchev–Trinajstić information content (AvgIpc) is 1.64. The molecule has 0 radical (unpaired) electrons. The first kappa shape index (κ1) is 81.7. The zero-order valence-electron chi connectivity index (χ0n) is 48.8. The minimum Gasteiger partial charge on any atom is -0.489 e. The second kappa shape index (κ2) is 35.2. The van der Waals surface area contributed by atoms with Crippen LogP contribution in [-0.2, 0) is 46.7 Å². The van der Waals surface area contributed by atoms with E-state index < -0.39 is 83.9 Å². The minimum atomic E-state index is -5.08. The van der Waals surface area contributed by atoms with Crippen LogP contribution in [0.3, 0.4) is 0 Å². The monoisotopic (exact) mass is 1440 g/mol. The van der Waals surface area contributed by atoms with Crippen molar-refractivity contribution in [2.45, 2.75) is 70.3 Å². The molecule has 1 unspecified atom stereocenters. The van der Waals surface area contributed by atoms with Gasteiger partial charge in [0.15, 0.2) is 17.2 Å². The standard InChI is InChI=1S/C17H12F2N2O3S.C17H17N3OS.C15H18N2O3S.4C2HF3O2/c18-11-4-2-9(5-12(11)19)15(17(22)23)24-10-3-1-8-6-14(16(20)21)25-13(8)7-10;18-9-11-1-3-12(4-2-11)10-21-14-6-5-13-7-16(17(19)20)22-15(13)8-14;1-4-19-14(18)15(2,3)20-10-6-5-7-11-9(10)8-12(21-11)13(16)17;4*3-2(4,5)1(6)7/h1-7,15H,(H3,20,21)(H,22,23);1-8H,9-10,18H2,(H3,19,20);5-8H,4H2,1-3H3,(H3,16,17);4*(H,6,7). The Hall–Kier alpha value is -10.4. The van der Waals surface area contributed by atoms with E-state index in [9.17, 15) is 76.2 Å². The van der Waals surface area contributed by atoms with E-state index >= 15 is 0 Å². The van der Waals surface area contributed by atoms with E-state index in [1.54, 1.807) is 57.2 Å². The lowest BCUT2D eigenvalue weighted by molar-refractivity contribution is -0.193. The summed E-state index contributed by atoms with van der Waals surface area (Å²) in [4.78, 5) is 61.0. The van der Waals surface area contributed by atoms with E-state index in [-0.39, 0.29) is 28.8 Å². The molecule has 22 nitrogen and oxygen atoms in total. The van der Waals surface area contributed by atoms with Crippen LogP contribution in [0.2, 0.25) is 0 Å². The molecule has 0 bridgehead atoms. The van der Waals surface area contributed by atoms with Gasteiger partial charge in [-0.15, -0.1) is 34.0 Å². The summed E-state index contributed by atoms with van der Waals surface area (Å²) in [6, 6.07) is 32.7. The van der Waals surface area contributed by atoms with Gasteiger partial charge in [-0.1, -0.05) is 36.4 Å². The molecule has 8 rings (SSSR count). The van der Waals surface area contributed by atoms with Gasteiger partial charge in [0.2, 0.25) is 6.10 Å². The predicted molar refractivity (Wildman–Crippen MR) is 321 cm³/mol. The van der Waals surface area contributed by atoms with Crippen LogP contribution in [0.1, 0.15) is 58.2 Å². The molecule has 1 atom stereocenters. The van der Waals surface area contributed by atoms with Gasteiger partial charge in [-0.2, -0.15) is 52.7 Å². The SMILES string of the molecule is CCOC(=O)C(C)(C)Oc1cccc2sc(C(=N)N)cc12.N=C(N)c1cc2ccc(OC(C(=O)O)c3ccc(F)c(F)c3)cc2s1.N=C(N)c1cc2ccc(OCc3ccc(CN)cc3)cc2s1.O=C(O)C(F)(F)F.O=C(O)C(F)(F)F.O=C(O)C(F)(F)F.O=C(O)C(F)(F)F. The number of rotatable bonds is 15. The smallest absolute Gasteiger partial charge is 0.489 e. The van der Waals surface area contributed by atoms with Crippen molar-refractivity contribution in [3.8, 4) is 17.2 Å². The number of carbonyl (C=O) groups excluding carboxylic acids is 1. The van der Waals surface area contributed by atoms with Gasteiger partial charge < -0.3 is 67.4 Å². The van der Waals surface area contributed by atoms with Crippen molar-refractivity contribution >= 4 is 118 Å². The molecule has 39 heteroatoms. The summed E-state index contributed by atoms with van der Waals surface area (Å²) in [6.07, 6.45) is -21.8. The first-order chi connectivity index (χ1) is 44.1. The Morgan fingerprint density at radius 3 is 1.32 bits per heavy atom. The molecule has 16 N–H and O–H groups in total. The van der Waals surface area contributed by atoms with Crippen LogP contribution >= 0.6 is 34.0 Å². The highest BCUT2D eigenvalue weighted by atomic mass is 32.1. The molecule has 0 aliphatic carbocycles. The van der Waals surface area contributed by atoms with Gasteiger partial charge in [0.25, 0.3) is 0 Å². The summed E-state index contributed by atoms with van der Waals surface area (Å²) in [5.41, 5.74) is 23.2. The third-order valence-electron chi connectivity index (χ3n) is 10.8. The molecule has 5 aromatic carbocycles. The van der Waals surface area contributed by atoms with Crippen molar-refractivity contribution in [3.63, 3.8) is 0 Å². The molecular formula is C57H51F14N7O15S3. The van der Waals surface area contributed by atoms with E-state index in [0.717, 1.165) is 70.2 Å². The van der Waals surface area contributed by atoms with Crippen molar-refractivity contribution in [1.82, 2.24) is 0 Å². The molecule has 3 heterocycles. The normalized spacial score (nSPS) is 11.4. The number of hydrogen-bond donors (Lipinski definition) is 12. The zero-order chi connectivity index (χ0) is 73.6. The number of thiophene rings is 3. The van der Waals surface area contributed by atoms with E-state index in [4.69, 9.17) is 97.7 Å². The molecule has 0 spiro atoms. The fraction of sp³-hybridized carbons (Fsp3) is 0.211. The van der Waals surface area contributed by atoms with Crippen molar-refractivity contribution < 1.29 is 135 Å². The Kier molecular flexibility index (Phi) is 29.9. The third kappa shape index (κ3) is 26.9. The van der Waals surface area contributed by atoms with E-state index in [1.807, 2.05) is 60.7 Å². The van der Waals surface area contributed by atoms with Gasteiger partial charge in [-0.05, 0) is 122 Å². The number of halogens is 14. The summed E-state index contributed by atoms with van der Waals surface area (Å²) in [6.45, 7) is 6.47. The molecule has 0 aliphatic rings. The number of benzene rings is 5. The van der Waals surface area contributed by atoms with Gasteiger partial charge in [-0.25, -0.2) is 37.5 Å². The Morgan fingerprint density at radius 2 is 0.927 bits per heavy atom. The second-order valence-electron chi connectivity index (χ2n) is 18.5. The number of hydrogen-bond acceptors (Lipinski definition) is 17. The minimum absolute atomic E-state index is 0.0119. The molecule has 0 amide bonds. The van der Waals surface area contributed by atoms with Crippen molar-refractivity contribution in [2.75, 3.05) is 6.61 Å². The maximum Gasteiger partial charge on any atom is 0.490 e. The molecule has 0 saturated heterocycles. The molecule has 0 fully saturated rings. The predicted octanol–water partition coefficient (Wildman–Crippen LogP) is 12.3. The summed E-state index contributed by atoms with van der Waals surface area (Å²) in [5.74, 6) is -13.3. The van der Waals surface area contributed by atoms with Gasteiger partial charge in [0.05, 0.1) is 21.2 Å². The second-order valence-corrected chi connectivity index (χ2v) is 21.8. The highest BCUT2D eigenvalue weighted by Crippen LogP contribution is 2.36. The Balaban J connectivity index is 0.000000410. The number of ether oxygens (including phenoxy) is 4. The topological polar surface area (TPSA) is 416 Å². The Morgan fingerprint density at radius 1 is 0.521 bits per heavy atom. The van der Waals surface area contributed by atoms with Gasteiger partial charge in [0.1, 0.15) is 41.4 Å². The Bertz CT molecular complexity index is 3970. The lowest BCUT2D eigenvalue weighted by Crippen LogP contribution is -2.39. The Labute approximate surface area is 541 Å². The molecular weight excluding hydrogens is 1380 g/mol. The number of nitrogens with two attached hydrogens (primary N) is 4. The molecule has 0 aliphatic heterocycles. The van der Waals surface area contributed by atoms with E-state index in [0.29, 0.717) is 35.3 Å². The maximum atomic E-state index is 13.4. The fourth-order valence-electron chi connectivity index (χ4n) is 6.34. The lowest BCUT2D eigenvalue weighted by Gasteiger charge is -2.24. The summed E-state index contributed by atoms with van der Waals surface area (Å²) in [5, 5.41) is 63.1. The summed E-state index contributed by atoms with van der Waals surface area (Å²) >= 11 is 4.19. The van der Waals surface area contributed by atoms with Gasteiger partial charge in [0, 0.05) is 31.6 Å². The molecule has 0 saturated carbocycles. The quantitative estimate of drug-likeness (QED) is 0.0196. The van der Waals surface area contributed by atoms with Crippen LogP contribution in [0.5, 0.6) is 17.2 Å². The van der Waals surface area contributed by atoms with Gasteiger partial charge in [-0.3, -0.25) is 16.2 Å². The average molecular weight is 1440 g/mol. The molecule has 96 heavy (non-hydrogen) atoms. The molecule has 3 aromatic heterocycles. The number of amidine groups is 3. The lowest BCUT2D eigenvalue weighted by atomic mass is 10.1. The van der Waals surface area contributed by atoms with Crippen LogP contribution in [-0.4, -0.2) is 116 Å². The number of carboxylic acid groups (broad SMARTS) is 5. The highest BCUT2D eigenvalue weighted by molar-refractivity contribution is 7.21. The number of nitrogen functional groups attached to an aromatic ring is 3. The number of nitrogens with one attached hydrogen (secondary N) is 3. The first-order valence-electron chi connectivity index (χ1n) is 25.6. The summed E-state index contributed by atoms with van der Waals surface area (Å²) in [7, 11) is 0. The number of fused-ring (bicyclic) bond motifs is 3. The van der Waals surface area contributed by atoms with Crippen LogP contribution in [0, 0.1) is 27.9 Å². The van der Waals surface area contributed by atoms with Gasteiger partial charge >= 0.3 is 60.5 Å². The van der Waals surface area contributed by atoms with Crippen LogP contribution < -0.4 is 37.1 Å². The first-order valence-corrected chi connectivity index (χ1v) is 28.0. The number of alkyl halides is 12. The zero-order valence-corrected chi connectivity index (χ0v) is 51.3. The molecule has 8 aromatic rings. The highest BCUT2D eigenvalue weighted by Gasteiger charge is 2.40. The van der Waals surface area contributed by atoms with E-state index in [2.05, 4.69) is 0 Å². The van der Waals surface area contributed by atoms with Crippen LogP contribution in [0.25, 0.3) is 30.3 Å². The fourth-order valence-corrected chi connectivity index (χ4v) is 9.18. The van der Waals surface area contributed by atoms with Crippen LogP contribution in [0.4, 0.5) is 61.5 Å². The van der Waals surface area contributed by atoms with Crippen LogP contribution in [0.15, 0.2) is 115 Å². The van der Waals surface area contributed by atoms with Crippen molar-refractivity contribution in [3.05, 3.63) is 158 Å².